The van der Waals surface area contributed by atoms with E-state index in [0.717, 1.165) is 11.4 Å². The predicted molar refractivity (Wildman–Crippen MR) is 80.9 cm³/mol. The van der Waals surface area contributed by atoms with Crippen molar-refractivity contribution in [1.29, 1.82) is 0 Å². The molecule has 0 bridgehead atoms. The molecule has 114 valence electrons. The first kappa shape index (κ1) is 14.9. The minimum atomic E-state index is -0.561. The van der Waals surface area contributed by atoms with Gasteiger partial charge in [-0.3, -0.25) is 0 Å². The molecule has 0 aliphatic carbocycles. The molecule has 3 rings (SSSR count). The molecular weight excluding hydrogens is 306 g/mol. The standard InChI is InChI=1S/C15H14F2N4S/c1-8-7-9(2)21-14(18-8)19-15(20-21)22-10(3)13-11(16)5-4-6-12(13)17/h4-7,10H,1-3H3. The van der Waals surface area contributed by atoms with E-state index in [2.05, 4.69) is 15.1 Å². The van der Waals surface area contributed by atoms with Crippen LogP contribution >= 0.6 is 11.8 Å². The van der Waals surface area contributed by atoms with Crippen LogP contribution in [0.1, 0.15) is 29.1 Å². The molecule has 22 heavy (non-hydrogen) atoms. The summed E-state index contributed by atoms with van der Waals surface area (Å²) < 4.78 is 29.3. The Kier molecular flexibility index (Phi) is 3.82. The van der Waals surface area contributed by atoms with Crippen LogP contribution < -0.4 is 0 Å². The molecule has 3 aromatic rings. The van der Waals surface area contributed by atoms with Gasteiger partial charge in [0, 0.05) is 22.2 Å². The highest BCUT2D eigenvalue weighted by Gasteiger charge is 2.19. The molecular formula is C15H14F2N4S. The molecule has 0 fully saturated rings. The van der Waals surface area contributed by atoms with E-state index in [1.54, 1.807) is 11.4 Å². The van der Waals surface area contributed by atoms with Gasteiger partial charge in [0.25, 0.3) is 5.78 Å². The summed E-state index contributed by atoms with van der Waals surface area (Å²) >= 11 is 1.20. The number of nitrogens with zero attached hydrogens (tertiary/aromatic N) is 4. The van der Waals surface area contributed by atoms with Crippen molar-refractivity contribution in [3.8, 4) is 0 Å². The van der Waals surface area contributed by atoms with Gasteiger partial charge in [0.2, 0.25) is 5.16 Å². The average Bonchev–Trinajstić information content (AvgIpc) is 2.81. The van der Waals surface area contributed by atoms with E-state index in [1.165, 1.54) is 30.0 Å². The van der Waals surface area contributed by atoms with Crippen molar-refractivity contribution in [1.82, 2.24) is 19.6 Å². The molecule has 0 N–H and O–H groups in total. The molecule has 0 aliphatic rings. The van der Waals surface area contributed by atoms with Crippen LogP contribution in [0.4, 0.5) is 8.78 Å². The van der Waals surface area contributed by atoms with Crippen molar-refractivity contribution in [2.75, 3.05) is 0 Å². The van der Waals surface area contributed by atoms with Crippen LogP contribution in [0.15, 0.2) is 29.4 Å². The van der Waals surface area contributed by atoms with Gasteiger partial charge in [-0.1, -0.05) is 17.8 Å². The molecule has 0 amide bonds. The number of aromatic nitrogens is 4. The Morgan fingerprint density at radius 3 is 2.50 bits per heavy atom. The van der Waals surface area contributed by atoms with E-state index in [0.29, 0.717) is 10.9 Å². The minimum Gasteiger partial charge on any atom is -0.216 e. The molecule has 2 aromatic heterocycles. The summed E-state index contributed by atoms with van der Waals surface area (Å²) in [6, 6.07) is 5.75. The summed E-state index contributed by atoms with van der Waals surface area (Å²) in [4.78, 5) is 8.62. The topological polar surface area (TPSA) is 43.1 Å². The first-order valence-corrected chi connectivity index (χ1v) is 7.65. The van der Waals surface area contributed by atoms with Gasteiger partial charge in [0.15, 0.2) is 0 Å². The fraction of sp³-hybridized carbons (Fsp3) is 0.267. The Bertz CT molecular complexity index is 827. The zero-order valence-corrected chi connectivity index (χ0v) is 13.2. The van der Waals surface area contributed by atoms with Gasteiger partial charge >= 0.3 is 0 Å². The molecule has 1 unspecified atom stereocenters. The number of hydrogen-bond acceptors (Lipinski definition) is 4. The van der Waals surface area contributed by atoms with E-state index >= 15 is 0 Å². The van der Waals surface area contributed by atoms with Crippen LogP contribution in [0, 0.1) is 25.5 Å². The summed E-state index contributed by atoms with van der Waals surface area (Å²) in [6.07, 6.45) is 0. The summed E-state index contributed by atoms with van der Waals surface area (Å²) in [7, 11) is 0. The van der Waals surface area contributed by atoms with E-state index in [9.17, 15) is 8.78 Å². The SMILES string of the molecule is Cc1cc(C)n2nc(SC(C)c3c(F)cccc3F)nc2n1. The molecule has 0 aliphatic heterocycles. The third kappa shape index (κ3) is 2.68. The van der Waals surface area contributed by atoms with E-state index in [1.807, 2.05) is 19.9 Å². The molecule has 0 radical (unpaired) electrons. The van der Waals surface area contributed by atoms with Crippen LogP contribution in [-0.4, -0.2) is 19.6 Å². The lowest BCUT2D eigenvalue weighted by atomic mass is 10.1. The van der Waals surface area contributed by atoms with Crippen LogP contribution in [0.25, 0.3) is 5.78 Å². The fourth-order valence-electron chi connectivity index (χ4n) is 2.31. The number of rotatable bonds is 3. The number of halogens is 2. The summed E-state index contributed by atoms with van der Waals surface area (Å²) in [5.74, 6) is -0.635. The Balaban J connectivity index is 1.94. The lowest BCUT2D eigenvalue weighted by Crippen LogP contribution is -1.99. The summed E-state index contributed by atoms with van der Waals surface area (Å²) in [6.45, 7) is 5.51. The van der Waals surface area contributed by atoms with Crippen LogP contribution in [0.3, 0.4) is 0 Å². The van der Waals surface area contributed by atoms with Gasteiger partial charge in [0.1, 0.15) is 11.6 Å². The lowest BCUT2D eigenvalue weighted by molar-refractivity contribution is 0.557. The molecule has 1 aromatic carbocycles. The van der Waals surface area contributed by atoms with Crippen molar-refractivity contribution in [2.24, 2.45) is 0 Å². The van der Waals surface area contributed by atoms with Gasteiger partial charge in [0.05, 0.1) is 0 Å². The van der Waals surface area contributed by atoms with Crippen molar-refractivity contribution in [3.63, 3.8) is 0 Å². The zero-order chi connectivity index (χ0) is 15.9. The molecule has 1 atom stereocenters. The molecule has 0 saturated carbocycles. The maximum atomic E-state index is 13.8. The van der Waals surface area contributed by atoms with Crippen molar-refractivity contribution < 1.29 is 8.78 Å². The summed E-state index contributed by atoms with van der Waals surface area (Å²) in [5, 5.41) is 4.34. The third-order valence-corrected chi connectivity index (χ3v) is 4.26. The van der Waals surface area contributed by atoms with Gasteiger partial charge in [-0.25, -0.2) is 18.3 Å². The second kappa shape index (κ2) is 5.64. The highest BCUT2D eigenvalue weighted by Crippen LogP contribution is 2.35. The maximum absolute atomic E-state index is 13.8. The van der Waals surface area contributed by atoms with Crippen molar-refractivity contribution >= 4 is 17.5 Å². The minimum absolute atomic E-state index is 0.0345. The average molecular weight is 320 g/mol. The first-order valence-electron chi connectivity index (χ1n) is 6.77. The number of hydrogen-bond donors (Lipinski definition) is 0. The van der Waals surface area contributed by atoms with Crippen molar-refractivity contribution in [3.05, 3.63) is 52.9 Å². The fourth-order valence-corrected chi connectivity index (χ4v) is 3.24. The highest BCUT2D eigenvalue weighted by atomic mass is 32.2. The van der Waals surface area contributed by atoms with Gasteiger partial charge < -0.3 is 0 Å². The monoisotopic (exact) mass is 320 g/mol. The molecule has 0 saturated heterocycles. The largest absolute Gasteiger partial charge is 0.253 e. The molecule has 0 spiro atoms. The third-order valence-electron chi connectivity index (χ3n) is 3.29. The second-order valence-electron chi connectivity index (χ2n) is 5.04. The number of fused-ring (bicyclic) bond motifs is 1. The van der Waals surface area contributed by atoms with E-state index in [4.69, 9.17) is 0 Å². The number of aryl methyl sites for hydroxylation is 2. The Morgan fingerprint density at radius 1 is 1.14 bits per heavy atom. The Labute approximate surface area is 130 Å². The van der Waals surface area contributed by atoms with Gasteiger partial charge in [-0.15, -0.1) is 5.10 Å². The zero-order valence-electron chi connectivity index (χ0n) is 12.3. The number of benzene rings is 1. The first-order chi connectivity index (χ1) is 10.5. The van der Waals surface area contributed by atoms with Crippen molar-refractivity contribution in [2.45, 2.75) is 31.2 Å². The van der Waals surface area contributed by atoms with Gasteiger partial charge in [-0.05, 0) is 39.0 Å². The Morgan fingerprint density at radius 2 is 1.82 bits per heavy atom. The lowest BCUT2D eigenvalue weighted by Gasteiger charge is -2.11. The maximum Gasteiger partial charge on any atom is 0.253 e. The molecule has 7 heteroatoms. The normalized spacial score (nSPS) is 12.8. The predicted octanol–water partition coefficient (Wildman–Crippen LogP) is 3.87. The Hall–Kier alpha value is -2.02. The van der Waals surface area contributed by atoms with Gasteiger partial charge in [-0.2, -0.15) is 4.98 Å². The smallest absolute Gasteiger partial charge is 0.216 e. The highest BCUT2D eigenvalue weighted by molar-refractivity contribution is 7.99. The quantitative estimate of drug-likeness (QED) is 0.687. The van der Waals surface area contributed by atoms with Crippen LogP contribution in [0.2, 0.25) is 0 Å². The second-order valence-corrected chi connectivity index (χ2v) is 6.35. The van der Waals surface area contributed by atoms with Crippen LogP contribution in [-0.2, 0) is 0 Å². The van der Waals surface area contributed by atoms with E-state index < -0.39 is 16.9 Å². The number of thioether (sulfide) groups is 1. The van der Waals surface area contributed by atoms with Crippen LogP contribution in [0.5, 0.6) is 0 Å². The summed E-state index contributed by atoms with van der Waals surface area (Å²) in [5.41, 5.74) is 1.79. The molecule has 2 heterocycles. The molecule has 4 nitrogen and oxygen atoms in total. The van der Waals surface area contributed by atoms with E-state index in [-0.39, 0.29) is 5.56 Å².